The van der Waals surface area contributed by atoms with Crippen LogP contribution in [0.4, 0.5) is 0 Å². The number of carbonyl (C=O) groups is 3. The van der Waals surface area contributed by atoms with Gasteiger partial charge < -0.3 is 14.4 Å². The molecular weight excluding hydrogens is 372 g/mol. The van der Waals surface area contributed by atoms with Gasteiger partial charge in [-0.05, 0) is 19.3 Å². The highest BCUT2D eigenvalue weighted by Gasteiger charge is 1.89. The maximum Gasteiger partial charge on any atom is 0.119 e. The number of aldehydes is 3. The molecule has 0 aromatic carbocycles. The Labute approximate surface area is 189 Å². The molecule has 0 saturated carbocycles. The summed E-state index contributed by atoms with van der Waals surface area (Å²) >= 11 is 0. The van der Waals surface area contributed by atoms with Crippen LogP contribution in [0, 0.1) is 0 Å². The van der Waals surface area contributed by atoms with Crippen LogP contribution in [0.5, 0.6) is 0 Å². The van der Waals surface area contributed by atoms with Gasteiger partial charge in [0.25, 0.3) is 0 Å². The summed E-state index contributed by atoms with van der Waals surface area (Å²) in [5.74, 6) is 0. The summed E-state index contributed by atoms with van der Waals surface area (Å²) in [5.41, 5.74) is 0. The Morgan fingerprint density at radius 1 is 0.333 bits per heavy atom. The molecule has 3 heteroatoms. The number of rotatable bonds is 21. The Morgan fingerprint density at radius 2 is 0.533 bits per heavy atom. The fourth-order valence-corrected chi connectivity index (χ4v) is 3.02. The van der Waals surface area contributed by atoms with Gasteiger partial charge in [0.15, 0.2) is 0 Å². The van der Waals surface area contributed by atoms with Gasteiger partial charge in [0, 0.05) is 19.3 Å². The molecule has 3 nitrogen and oxygen atoms in total. The lowest BCUT2D eigenvalue weighted by Gasteiger charge is -1.97. The van der Waals surface area contributed by atoms with E-state index in [0.717, 1.165) is 57.4 Å². The third-order valence-electron chi connectivity index (χ3n) is 5.03. The average molecular weight is 427 g/mol. The van der Waals surface area contributed by atoms with E-state index in [9.17, 15) is 14.4 Å². The van der Waals surface area contributed by atoms with Crippen LogP contribution in [0.25, 0.3) is 0 Å². The maximum atomic E-state index is 9.94. The van der Waals surface area contributed by atoms with Gasteiger partial charge in [0.1, 0.15) is 18.9 Å². The van der Waals surface area contributed by atoms with Crippen molar-refractivity contribution in [1.82, 2.24) is 0 Å². The standard InChI is InChI=1S/C10H20O.C9H18O.C8H16O/c1-2-3-4-5-6-7-8-9-10-11;1-2-3-4-5-6-7-8-9-10;1-2-3-4-5-6-7-8-9/h10H,2-9H2,1H3;9H,2-8H2,1H3;8H,2-7H2,1H3. The van der Waals surface area contributed by atoms with Crippen molar-refractivity contribution in [2.45, 2.75) is 156 Å². The lowest BCUT2D eigenvalue weighted by atomic mass is 10.1. The van der Waals surface area contributed by atoms with E-state index in [1.807, 2.05) is 0 Å². The molecule has 30 heavy (non-hydrogen) atoms. The summed E-state index contributed by atoms with van der Waals surface area (Å²) in [6, 6.07) is 0. The predicted octanol–water partition coefficient (Wildman–Crippen LogP) is 8.81. The number of unbranched alkanes of at least 4 members (excludes halogenated alkanes) is 18. The van der Waals surface area contributed by atoms with Crippen molar-refractivity contribution in [3.8, 4) is 0 Å². The minimum atomic E-state index is 0.754. The Balaban J connectivity index is -0.000000366. The van der Waals surface area contributed by atoms with Crippen LogP contribution in [-0.4, -0.2) is 18.9 Å². The van der Waals surface area contributed by atoms with E-state index in [2.05, 4.69) is 20.8 Å². The zero-order valence-electron chi connectivity index (χ0n) is 20.8. The number of carbonyl (C=O) groups excluding carboxylic acids is 3. The highest BCUT2D eigenvalue weighted by atomic mass is 16.1. The molecule has 0 aliphatic rings. The van der Waals surface area contributed by atoms with Crippen LogP contribution in [-0.2, 0) is 14.4 Å². The molecule has 0 aromatic rings. The molecule has 0 spiro atoms. The largest absolute Gasteiger partial charge is 0.303 e. The molecule has 0 aliphatic carbocycles. The molecule has 180 valence electrons. The third-order valence-corrected chi connectivity index (χ3v) is 5.03. The molecular formula is C27H54O3. The molecule has 0 saturated heterocycles. The van der Waals surface area contributed by atoms with Crippen LogP contribution in [0.1, 0.15) is 156 Å². The van der Waals surface area contributed by atoms with Gasteiger partial charge in [-0.2, -0.15) is 0 Å². The first-order valence-electron chi connectivity index (χ1n) is 13.1. The molecule has 0 aliphatic heterocycles. The Bertz CT molecular complexity index is 302. The summed E-state index contributed by atoms with van der Waals surface area (Å²) in [6.45, 7) is 6.64. The lowest BCUT2D eigenvalue weighted by Crippen LogP contribution is -1.80. The molecule has 0 atom stereocenters. The minimum absolute atomic E-state index is 0.754. The van der Waals surface area contributed by atoms with Gasteiger partial charge >= 0.3 is 0 Å². The van der Waals surface area contributed by atoms with E-state index in [-0.39, 0.29) is 0 Å². The van der Waals surface area contributed by atoms with Crippen LogP contribution in [0.15, 0.2) is 0 Å². The van der Waals surface area contributed by atoms with Gasteiger partial charge in [0.05, 0.1) is 0 Å². The SMILES string of the molecule is CCCCCCCC=O.CCCCCCCCC=O.CCCCCCCCCC=O. The van der Waals surface area contributed by atoms with Gasteiger partial charge in [-0.1, -0.05) is 117 Å². The number of hydrogen-bond acceptors (Lipinski definition) is 3. The second kappa shape index (κ2) is 38.6. The summed E-state index contributed by atoms with van der Waals surface area (Å²) in [4.78, 5) is 29.7. The van der Waals surface area contributed by atoms with Gasteiger partial charge in [-0.15, -0.1) is 0 Å². The summed E-state index contributed by atoms with van der Waals surface area (Å²) in [7, 11) is 0. The predicted molar refractivity (Wildman–Crippen MR) is 132 cm³/mol. The van der Waals surface area contributed by atoms with Crippen molar-refractivity contribution in [1.29, 1.82) is 0 Å². The molecule has 0 rings (SSSR count). The van der Waals surface area contributed by atoms with Crippen molar-refractivity contribution >= 4 is 18.9 Å². The smallest absolute Gasteiger partial charge is 0.119 e. The van der Waals surface area contributed by atoms with E-state index in [1.165, 1.54) is 96.3 Å². The molecule has 0 unspecified atom stereocenters. The summed E-state index contributed by atoms with van der Waals surface area (Å²) in [5, 5.41) is 0. The maximum absolute atomic E-state index is 9.94. The van der Waals surface area contributed by atoms with Gasteiger partial charge in [-0.3, -0.25) is 0 Å². The van der Waals surface area contributed by atoms with Crippen molar-refractivity contribution in [2.75, 3.05) is 0 Å². The monoisotopic (exact) mass is 426 g/mol. The van der Waals surface area contributed by atoms with E-state index in [0.29, 0.717) is 0 Å². The first kappa shape index (κ1) is 33.6. The van der Waals surface area contributed by atoms with Crippen LogP contribution in [0.3, 0.4) is 0 Å². The molecule has 0 heterocycles. The molecule has 0 aromatic heterocycles. The molecule has 0 fully saturated rings. The van der Waals surface area contributed by atoms with Crippen molar-refractivity contribution in [2.24, 2.45) is 0 Å². The Hall–Kier alpha value is -0.990. The van der Waals surface area contributed by atoms with Crippen LogP contribution >= 0.6 is 0 Å². The zero-order chi connectivity index (χ0) is 23.0. The normalized spacial score (nSPS) is 9.70. The van der Waals surface area contributed by atoms with E-state index >= 15 is 0 Å². The molecule has 0 radical (unpaired) electrons. The quantitative estimate of drug-likeness (QED) is 0.136. The van der Waals surface area contributed by atoms with E-state index in [4.69, 9.17) is 0 Å². The molecule has 0 N–H and O–H groups in total. The fraction of sp³-hybridized carbons (Fsp3) is 0.889. The second-order valence-corrected chi connectivity index (χ2v) is 8.17. The van der Waals surface area contributed by atoms with Crippen LogP contribution in [0.2, 0.25) is 0 Å². The van der Waals surface area contributed by atoms with Crippen molar-refractivity contribution < 1.29 is 14.4 Å². The molecule has 0 bridgehead atoms. The zero-order valence-corrected chi connectivity index (χ0v) is 20.8. The van der Waals surface area contributed by atoms with E-state index < -0.39 is 0 Å². The van der Waals surface area contributed by atoms with Gasteiger partial charge in [-0.25, -0.2) is 0 Å². The van der Waals surface area contributed by atoms with E-state index in [1.54, 1.807) is 0 Å². The molecule has 0 amide bonds. The summed E-state index contributed by atoms with van der Waals surface area (Å²) < 4.78 is 0. The number of hydrogen-bond donors (Lipinski definition) is 0. The Morgan fingerprint density at radius 3 is 0.733 bits per heavy atom. The minimum Gasteiger partial charge on any atom is -0.303 e. The first-order chi connectivity index (χ1) is 14.7. The highest BCUT2D eigenvalue weighted by molar-refractivity contribution is 5.49. The third kappa shape index (κ3) is 45.6. The van der Waals surface area contributed by atoms with Crippen molar-refractivity contribution in [3.05, 3.63) is 0 Å². The fourth-order valence-electron chi connectivity index (χ4n) is 3.02. The van der Waals surface area contributed by atoms with Crippen LogP contribution < -0.4 is 0 Å². The summed E-state index contributed by atoms with van der Waals surface area (Å²) in [6.07, 6.45) is 28.2. The van der Waals surface area contributed by atoms with Crippen molar-refractivity contribution in [3.63, 3.8) is 0 Å². The van der Waals surface area contributed by atoms with Gasteiger partial charge in [0.2, 0.25) is 0 Å². The topological polar surface area (TPSA) is 51.2 Å². The lowest BCUT2D eigenvalue weighted by molar-refractivity contribution is -0.108. The highest BCUT2D eigenvalue weighted by Crippen LogP contribution is 2.07. The average Bonchev–Trinajstić information content (AvgIpc) is 2.76. The Kier molecular flexibility index (Phi) is 43.3. The second-order valence-electron chi connectivity index (χ2n) is 8.17. The first-order valence-corrected chi connectivity index (χ1v) is 13.1.